The maximum absolute atomic E-state index is 12.6. The number of carbonyl (C=O) groups excluding carboxylic acids is 2. The number of amides is 2. The Morgan fingerprint density at radius 1 is 1.03 bits per heavy atom. The fraction of sp³-hybridized carbons (Fsp3) is 0.517. The summed E-state index contributed by atoms with van der Waals surface area (Å²) in [4.78, 5) is 31.1. The summed E-state index contributed by atoms with van der Waals surface area (Å²) in [5.41, 5.74) is 6.21. The maximum Gasteiger partial charge on any atom is 0.409 e. The van der Waals surface area contributed by atoms with Gasteiger partial charge in [-0.25, -0.2) is 4.79 Å². The van der Waals surface area contributed by atoms with Crippen molar-refractivity contribution in [2.45, 2.75) is 57.9 Å². The summed E-state index contributed by atoms with van der Waals surface area (Å²) in [6.07, 6.45) is 3.93. The smallest absolute Gasteiger partial charge is 0.409 e. The van der Waals surface area contributed by atoms with Crippen molar-refractivity contribution < 1.29 is 14.3 Å². The normalized spacial score (nSPS) is 20.2. The van der Waals surface area contributed by atoms with E-state index in [1.165, 1.54) is 22.3 Å². The second-order valence-electron chi connectivity index (χ2n) is 10.4. The summed E-state index contributed by atoms with van der Waals surface area (Å²) < 4.78 is 5.18. The lowest BCUT2D eigenvalue weighted by molar-refractivity contribution is -0.116. The van der Waals surface area contributed by atoms with Gasteiger partial charge in [0.2, 0.25) is 5.91 Å². The van der Waals surface area contributed by atoms with Gasteiger partial charge in [0.25, 0.3) is 0 Å². The molecule has 6 nitrogen and oxygen atoms in total. The number of anilines is 1. The summed E-state index contributed by atoms with van der Waals surface area (Å²) in [6.45, 7) is 10.5. The molecule has 3 aliphatic rings. The van der Waals surface area contributed by atoms with E-state index < -0.39 is 0 Å². The second-order valence-corrected chi connectivity index (χ2v) is 10.4. The number of piperidine rings is 2. The molecule has 6 heteroatoms. The number of aryl methyl sites for hydroxylation is 1. The number of rotatable bonds is 3. The highest BCUT2D eigenvalue weighted by Crippen LogP contribution is 2.49. The lowest BCUT2D eigenvalue weighted by Crippen LogP contribution is -2.52. The molecule has 2 aromatic carbocycles. The van der Waals surface area contributed by atoms with Crippen LogP contribution in [0.25, 0.3) is 11.1 Å². The fourth-order valence-corrected chi connectivity index (χ4v) is 6.39. The van der Waals surface area contributed by atoms with E-state index in [0.717, 1.165) is 64.1 Å². The largest absolute Gasteiger partial charge is 0.450 e. The summed E-state index contributed by atoms with van der Waals surface area (Å²) >= 11 is 0. The van der Waals surface area contributed by atoms with Crippen LogP contribution in [0.4, 0.5) is 10.5 Å². The van der Waals surface area contributed by atoms with Crippen LogP contribution in [0, 0.1) is 6.92 Å². The van der Waals surface area contributed by atoms with Gasteiger partial charge in [-0.3, -0.25) is 4.79 Å². The summed E-state index contributed by atoms with van der Waals surface area (Å²) in [6, 6.07) is 15.7. The lowest BCUT2D eigenvalue weighted by Gasteiger charge is -2.45. The molecule has 5 rings (SSSR count). The van der Waals surface area contributed by atoms with Crippen LogP contribution in [0.1, 0.15) is 50.7 Å². The van der Waals surface area contributed by atoms with Crippen molar-refractivity contribution >= 4 is 17.7 Å². The van der Waals surface area contributed by atoms with Gasteiger partial charge in [-0.05, 0) is 87.0 Å². The molecular formula is C29H37N3O3. The second kappa shape index (κ2) is 9.65. The molecule has 2 fully saturated rings. The maximum atomic E-state index is 12.6. The molecule has 0 radical (unpaired) electrons. The van der Waals surface area contributed by atoms with Crippen LogP contribution in [0.3, 0.4) is 0 Å². The Hall–Kier alpha value is -2.86. The van der Waals surface area contributed by atoms with Crippen LogP contribution < -0.4 is 4.90 Å². The van der Waals surface area contributed by atoms with Gasteiger partial charge in [0, 0.05) is 43.7 Å². The molecule has 0 saturated carbocycles. The average Bonchev–Trinajstić information content (AvgIpc) is 3.19. The molecule has 0 bridgehead atoms. The first-order chi connectivity index (χ1) is 16.9. The third-order valence-corrected chi connectivity index (χ3v) is 8.42. The lowest BCUT2D eigenvalue weighted by atomic mass is 9.73. The Morgan fingerprint density at radius 2 is 1.74 bits per heavy atom. The van der Waals surface area contributed by atoms with Gasteiger partial charge in [0.05, 0.1) is 6.61 Å². The third-order valence-electron chi connectivity index (χ3n) is 8.42. The van der Waals surface area contributed by atoms with Crippen LogP contribution in [-0.2, 0) is 14.9 Å². The van der Waals surface area contributed by atoms with E-state index >= 15 is 0 Å². The molecule has 3 aliphatic heterocycles. The van der Waals surface area contributed by atoms with E-state index in [4.69, 9.17) is 4.74 Å². The molecule has 0 aliphatic carbocycles. The van der Waals surface area contributed by atoms with Gasteiger partial charge in [-0.2, -0.15) is 0 Å². The Kier molecular flexibility index (Phi) is 6.58. The van der Waals surface area contributed by atoms with Gasteiger partial charge in [0.1, 0.15) is 0 Å². The minimum atomic E-state index is -0.181. The van der Waals surface area contributed by atoms with Crippen molar-refractivity contribution in [1.82, 2.24) is 9.80 Å². The molecule has 35 heavy (non-hydrogen) atoms. The van der Waals surface area contributed by atoms with Crippen molar-refractivity contribution in [3.05, 3.63) is 53.6 Å². The van der Waals surface area contributed by atoms with Crippen LogP contribution in [0.5, 0.6) is 0 Å². The van der Waals surface area contributed by atoms with Gasteiger partial charge in [-0.1, -0.05) is 30.3 Å². The Bertz CT molecular complexity index is 1100. The van der Waals surface area contributed by atoms with Crippen molar-refractivity contribution in [3.8, 4) is 11.1 Å². The van der Waals surface area contributed by atoms with E-state index in [2.05, 4.69) is 54.3 Å². The standard InChI is InChI=1S/C29H37N3O3/c1-4-35-28(34)31-15-11-24(12-16-31)30-17-13-29(14-18-30)20-32(22(3)33)27-10-9-23(19-26(27)29)25-8-6-5-7-21(25)2/h5-10,19,24H,4,11-18,20H2,1-3H3. The van der Waals surface area contributed by atoms with Crippen LogP contribution in [-0.4, -0.2) is 67.2 Å². The Morgan fingerprint density at radius 3 is 2.40 bits per heavy atom. The van der Waals surface area contributed by atoms with Crippen molar-refractivity contribution in [3.63, 3.8) is 0 Å². The fourth-order valence-electron chi connectivity index (χ4n) is 6.39. The highest BCUT2D eigenvalue weighted by atomic mass is 16.6. The molecule has 0 unspecified atom stereocenters. The molecule has 0 N–H and O–H groups in total. The highest BCUT2D eigenvalue weighted by molar-refractivity contribution is 5.95. The molecule has 0 atom stereocenters. The highest BCUT2D eigenvalue weighted by Gasteiger charge is 2.46. The van der Waals surface area contributed by atoms with E-state index in [-0.39, 0.29) is 17.4 Å². The summed E-state index contributed by atoms with van der Waals surface area (Å²) in [7, 11) is 0. The first-order valence-corrected chi connectivity index (χ1v) is 13.1. The Labute approximate surface area is 208 Å². The van der Waals surface area contributed by atoms with Gasteiger partial charge in [-0.15, -0.1) is 0 Å². The van der Waals surface area contributed by atoms with Crippen LogP contribution in [0.2, 0.25) is 0 Å². The number of hydrogen-bond acceptors (Lipinski definition) is 4. The summed E-state index contributed by atoms with van der Waals surface area (Å²) in [5.74, 6) is 0.125. The zero-order valence-corrected chi connectivity index (χ0v) is 21.3. The van der Waals surface area contributed by atoms with E-state index in [1.807, 2.05) is 16.7 Å². The van der Waals surface area contributed by atoms with Gasteiger partial charge >= 0.3 is 6.09 Å². The van der Waals surface area contributed by atoms with E-state index in [9.17, 15) is 9.59 Å². The first-order valence-electron chi connectivity index (χ1n) is 13.1. The predicted octanol–water partition coefficient (Wildman–Crippen LogP) is 4.98. The van der Waals surface area contributed by atoms with E-state index in [0.29, 0.717) is 12.6 Å². The zero-order valence-electron chi connectivity index (χ0n) is 21.3. The average molecular weight is 476 g/mol. The van der Waals surface area contributed by atoms with Gasteiger partial charge < -0.3 is 19.4 Å². The topological polar surface area (TPSA) is 53.1 Å². The molecule has 2 amide bonds. The third kappa shape index (κ3) is 4.44. The predicted molar refractivity (Wildman–Crippen MR) is 139 cm³/mol. The van der Waals surface area contributed by atoms with Crippen molar-refractivity contribution in [1.29, 1.82) is 0 Å². The van der Waals surface area contributed by atoms with Crippen LogP contribution >= 0.6 is 0 Å². The molecule has 2 aromatic rings. The first kappa shape index (κ1) is 23.9. The SMILES string of the molecule is CCOC(=O)N1CCC(N2CCC3(CC2)CN(C(C)=O)c2ccc(-c4ccccc4C)cc23)CC1. The minimum Gasteiger partial charge on any atom is -0.450 e. The zero-order chi connectivity index (χ0) is 24.6. The van der Waals surface area contributed by atoms with Crippen molar-refractivity contribution in [2.75, 3.05) is 44.2 Å². The number of carbonyl (C=O) groups is 2. The number of likely N-dealkylation sites (tertiary alicyclic amines) is 2. The quantitative estimate of drug-likeness (QED) is 0.628. The molecule has 2 saturated heterocycles. The summed E-state index contributed by atoms with van der Waals surface area (Å²) in [5, 5.41) is 0. The number of fused-ring (bicyclic) bond motifs is 2. The molecule has 0 aromatic heterocycles. The van der Waals surface area contributed by atoms with E-state index in [1.54, 1.807) is 6.92 Å². The molecule has 3 heterocycles. The van der Waals surface area contributed by atoms with Crippen LogP contribution in [0.15, 0.2) is 42.5 Å². The molecular weight excluding hydrogens is 438 g/mol. The van der Waals surface area contributed by atoms with Crippen molar-refractivity contribution in [2.24, 2.45) is 0 Å². The monoisotopic (exact) mass is 475 g/mol. The number of nitrogens with zero attached hydrogens (tertiary/aromatic N) is 3. The molecule has 1 spiro atoms. The molecule has 186 valence electrons. The minimum absolute atomic E-state index is 0.0157. The number of benzene rings is 2. The Balaban J connectivity index is 1.33. The van der Waals surface area contributed by atoms with Gasteiger partial charge in [0.15, 0.2) is 0 Å². The number of hydrogen-bond donors (Lipinski definition) is 0. The number of ether oxygens (including phenoxy) is 1.